The molecule has 0 spiro atoms. The van der Waals surface area contributed by atoms with Crippen molar-refractivity contribution in [1.82, 2.24) is 15.1 Å². The van der Waals surface area contributed by atoms with Crippen molar-refractivity contribution in [2.45, 2.75) is 12.3 Å². The maximum Gasteiger partial charge on any atom is 0.325 e. The van der Waals surface area contributed by atoms with Crippen molar-refractivity contribution in [3.05, 3.63) is 34.9 Å². The largest absolute Gasteiger partial charge is 0.341 e. The van der Waals surface area contributed by atoms with Gasteiger partial charge in [0.2, 0.25) is 11.8 Å². The van der Waals surface area contributed by atoms with E-state index in [9.17, 15) is 14.4 Å². The molecule has 4 amide bonds. The summed E-state index contributed by atoms with van der Waals surface area (Å²) >= 11 is 6.00. The number of hydrogen-bond acceptors (Lipinski definition) is 3. The molecule has 0 radical (unpaired) electrons. The molecule has 0 unspecified atom stereocenters. The van der Waals surface area contributed by atoms with E-state index in [1.54, 1.807) is 4.90 Å². The van der Waals surface area contributed by atoms with Crippen LogP contribution in [-0.4, -0.2) is 53.8 Å². The third-order valence-electron chi connectivity index (χ3n) is 4.06. The van der Waals surface area contributed by atoms with Crippen LogP contribution in [0.3, 0.4) is 0 Å². The van der Waals surface area contributed by atoms with Gasteiger partial charge in [0.1, 0.15) is 13.1 Å². The molecule has 2 aliphatic rings. The lowest BCUT2D eigenvalue weighted by molar-refractivity contribution is -0.130. The summed E-state index contributed by atoms with van der Waals surface area (Å²) in [5, 5.41) is 2.86. The highest BCUT2D eigenvalue weighted by Crippen LogP contribution is 2.28. The fraction of sp³-hybridized carbons (Fsp3) is 0.400. The number of halogens is 1. The average Bonchev–Trinajstić information content (AvgIpc) is 3.06. The van der Waals surface area contributed by atoms with E-state index in [4.69, 9.17) is 11.6 Å². The Morgan fingerprint density at radius 3 is 2.86 bits per heavy atom. The number of hydrogen-bond donors (Lipinski definition) is 1. The van der Waals surface area contributed by atoms with Crippen LogP contribution < -0.4 is 5.32 Å². The molecule has 0 aliphatic carbocycles. The number of carbonyl (C=O) groups is 3. The van der Waals surface area contributed by atoms with Crippen LogP contribution in [0.5, 0.6) is 0 Å². The molecule has 1 atom stereocenters. The van der Waals surface area contributed by atoms with E-state index in [1.807, 2.05) is 24.3 Å². The second kappa shape index (κ2) is 5.96. The number of carbonyl (C=O) groups excluding carboxylic acids is 3. The normalized spacial score (nSPS) is 21.4. The fourth-order valence-corrected chi connectivity index (χ4v) is 3.09. The zero-order valence-corrected chi connectivity index (χ0v) is 12.7. The second-order valence-corrected chi connectivity index (χ2v) is 6.03. The zero-order valence-electron chi connectivity index (χ0n) is 11.9. The molecule has 3 rings (SSSR count). The summed E-state index contributed by atoms with van der Waals surface area (Å²) in [6.07, 6.45) is 0.872. The minimum atomic E-state index is -0.496. The first-order valence-corrected chi connectivity index (χ1v) is 7.53. The SMILES string of the molecule is O=C1CN(CC(=O)N2CC[C@H](c3cccc(Cl)c3)C2)C(=O)N1. The molecule has 116 valence electrons. The van der Waals surface area contributed by atoms with Gasteiger partial charge in [0.15, 0.2) is 0 Å². The van der Waals surface area contributed by atoms with Gasteiger partial charge in [0.25, 0.3) is 0 Å². The molecule has 2 fully saturated rings. The predicted molar refractivity (Wildman–Crippen MR) is 80.5 cm³/mol. The third-order valence-corrected chi connectivity index (χ3v) is 4.29. The third kappa shape index (κ3) is 3.06. The monoisotopic (exact) mass is 321 g/mol. The lowest BCUT2D eigenvalue weighted by Crippen LogP contribution is -2.40. The molecule has 0 bridgehead atoms. The van der Waals surface area contributed by atoms with Crippen molar-refractivity contribution in [3.8, 4) is 0 Å². The van der Waals surface area contributed by atoms with Crippen LogP contribution in [0, 0.1) is 0 Å². The van der Waals surface area contributed by atoms with Crippen molar-refractivity contribution in [3.63, 3.8) is 0 Å². The van der Waals surface area contributed by atoms with E-state index >= 15 is 0 Å². The van der Waals surface area contributed by atoms with Gasteiger partial charge in [-0.3, -0.25) is 14.9 Å². The standard InChI is InChI=1S/C15H16ClN3O3/c16-12-3-1-2-10(6-12)11-4-5-18(7-11)14(21)9-19-8-13(20)17-15(19)22/h1-3,6,11H,4-5,7-9H2,(H,17,20,22)/t11-/m0/s1. The minimum absolute atomic E-state index is 0.0455. The molecule has 0 aromatic heterocycles. The van der Waals surface area contributed by atoms with Gasteiger partial charge in [-0.2, -0.15) is 0 Å². The summed E-state index contributed by atoms with van der Waals surface area (Å²) < 4.78 is 0. The molecule has 0 saturated carbocycles. The van der Waals surface area contributed by atoms with Crippen LogP contribution in [0.2, 0.25) is 5.02 Å². The van der Waals surface area contributed by atoms with E-state index in [0.29, 0.717) is 18.1 Å². The van der Waals surface area contributed by atoms with Crippen molar-refractivity contribution in [2.75, 3.05) is 26.2 Å². The Kier molecular flexibility index (Phi) is 4.02. The van der Waals surface area contributed by atoms with E-state index in [2.05, 4.69) is 5.32 Å². The first kappa shape index (κ1) is 14.8. The van der Waals surface area contributed by atoms with Gasteiger partial charge in [-0.25, -0.2) is 4.79 Å². The topological polar surface area (TPSA) is 69.7 Å². The summed E-state index contributed by atoms with van der Waals surface area (Å²) in [5.74, 6) is -0.234. The van der Waals surface area contributed by atoms with Gasteiger partial charge in [0, 0.05) is 24.0 Å². The molecular formula is C15H16ClN3O3. The van der Waals surface area contributed by atoms with Gasteiger partial charge in [-0.05, 0) is 24.1 Å². The smallest absolute Gasteiger partial charge is 0.325 e. The Labute approximate surface area is 133 Å². The van der Waals surface area contributed by atoms with Gasteiger partial charge < -0.3 is 9.80 Å². The summed E-state index contributed by atoms with van der Waals surface area (Å²) in [6, 6.07) is 7.17. The van der Waals surface area contributed by atoms with Gasteiger partial charge in [-0.15, -0.1) is 0 Å². The fourth-order valence-electron chi connectivity index (χ4n) is 2.89. The number of amides is 4. The lowest BCUT2D eigenvalue weighted by Gasteiger charge is -2.20. The van der Waals surface area contributed by atoms with Crippen molar-refractivity contribution >= 4 is 29.4 Å². The van der Waals surface area contributed by atoms with E-state index < -0.39 is 6.03 Å². The summed E-state index contributed by atoms with van der Waals surface area (Å²) in [6.45, 7) is 1.16. The minimum Gasteiger partial charge on any atom is -0.341 e. The molecule has 2 heterocycles. The Balaban J connectivity index is 1.59. The number of nitrogens with zero attached hydrogens (tertiary/aromatic N) is 2. The molecule has 2 aliphatic heterocycles. The lowest BCUT2D eigenvalue weighted by atomic mass is 9.99. The highest BCUT2D eigenvalue weighted by atomic mass is 35.5. The molecule has 1 aromatic carbocycles. The van der Waals surface area contributed by atoms with Gasteiger partial charge in [-0.1, -0.05) is 23.7 Å². The van der Waals surface area contributed by atoms with Gasteiger partial charge in [0.05, 0.1) is 0 Å². The summed E-state index contributed by atoms with van der Waals surface area (Å²) in [5.41, 5.74) is 1.12. The Bertz CT molecular complexity index is 634. The second-order valence-electron chi connectivity index (χ2n) is 5.59. The zero-order chi connectivity index (χ0) is 15.7. The first-order chi connectivity index (χ1) is 10.5. The van der Waals surface area contributed by atoms with Crippen molar-refractivity contribution in [2.24, 2.45) is 0 Å². The molecule has 1 aromatic rings. The molecular weight excluding hydrogens is 306 g/mol. The molecule has 2 saturated heterocycles. The number of likely N-dealkylation sites (tertiary alicyclic amines) is 1. The van der Waals surface area contributed by atoms with E-state index in [0.717, 1.165) is 12.0 Å². The van der Waals surface area contributed by atoms with Crippen LogP contribution in [0.1, 0.15) is 17.9 Å². The number of nitrogens with one attached hydrogen (secondary N) is 1. The van der Waals surface area contributed by atoms with Crippen LogP contribution in [0.15, 0.2) is 24.3 Å². The number of rotatable bonds is 3. The van der Waals surface area contributed by atoms with E-state index in [1.165, 1.54) is 4.90 Å². The van der Waals surface area contributed by atoms with Crippen LogP contribution in [0.25, 0.3) is 0 Å². The molecule has 6 nitrogen and oxygen atoms in total. The summed E-state index contributed by atoms with van der Waals surface area (Å²) in [4.78, 5) is 37.8. The van der Waals surface area contributed by atoms with Gasteiger partial charge >= 0.3 is 6.03 Å². The van der Waals surface area contributed by atoms with E-state index in [-0.39, 0.29) is 30.8 Å². The van der Waals surface area contributed by atoms with Crippen molar-refractivity contribution < 1.29 is 14.4 Å². The number of imide groups is 1. The Morgan fingerprint density at radius 1 is 1.36 bits per heavy atom. The highest BCUT2D eigenvalue weighted by molar-refractivity contribution is 6.30. The molecule has 22 heavy (non-hydrogen) atoms. The number of benzene rings is 1. The summed E-state index contributed by atoms with van der Waals surface area (Å²) in [7, 11) is 0. The highest BCUT2D eigenvalue weighted by Gasteiger charge is 2.32. The first-order valence-electron chi connectivity index (χ1n) is 7.15. The molecule has 1 N–H and O–H groups in total. The van der Waals surface area contributed by atoms with Crippen molar-refractivity contribution in [1.29, 1.82) is 0 Å². The maximum absolute atomic E-state index is 12.3. The Hall–Kier alpha value is -2.08. The quantitative estimate of drug-likeness (QED) is 0.851. The molecule has 7 heteroatoms. The predicted octanol–water partition coefficient (Wildman–Crippen LogP) is 1.21. The van der Waals surface area contributed by atoms with Crippen LogP contribution in [0.4, 0.5) is 4.79 Å². The number of urea groups is 1. The average molecular weight is 322 g/mol. The van der Waals surface area contributed by atoms with Crippen LogP contribution >= 0.6 is 11.6 Å². The van der Waals surface area contributed by atoms with Crippen LogP contribution in [-0.2, 0) is 9.59 Å². The Morgan fingerprint density at radius 2 is 2.18 bits per heavy atom. The maximum atomic E-state index is 12.3.